The van der Waals surface area contributed by atoms with Crippen molar-refractivity contribution in [1.29, 1.82) is 0 Å². The number of hydrogen-bond donors (Lipinski definition) is 0. The topological polar surface area (TPSA) is 83.5 Å². The van der Waals surface area contributed by atoms with Crippen molar-refractivity contribution >= 4 is 83.9 Å². The Hall–Kier alpha value is 0.0100. The molecule has 0 aromatic heterocycles. The first-order chi connectivity index (χ1) is 15.1. The molecule has 9 heteroatoms. The van der Waals surface area contributed by atoms with Crippen LogP contribution in [0.15, 0.2) is 35.2 Å². The Labute approximate surface area is 228 Å². The summed E-state index contributed by atoms with van der Waals surface area (Å²) in [5.41, 5.74) is 0.988. The molecule has 2 aromatic carbocycles. The van der Waals surface area contributed by atoms with Gasteiger partial charge in [0.1, 0.15) is 15.9 Å². The molecule has 4 fully saturated rings. The largest absolute Gasteiger partial charge is 0.744 e. The minimum atomic E-state index is -4.62. The molecule has 0 atom stereocenters. The van der Waals surface area contributed by atoms with Crippen LogP contribution in [-0.2, 0) is 10.1 Å². The van der Waals surface area contributed by atoms with Gasteiger partial charge in [0, 0.05) is 10.7 Å². The monoisotopic (exact) mass is 789 g/mol. The van der Waals surface area contributed by atoms with Gasteiger partial charge in [-0.2, -0.15) is 0 Å². The van der Waals surface area contributed by atoms with Crippen molar-refractivity contribution in [3.8, 4) is 5.75 Å². The molecular weight excluding hydrogens is 769 g/mol. The van der Waals surface area contributed by atoms with Gasteiger partial charge in [-0.25, -0.2) is 13.2 Å². The summed E-state index contributed by atoms with van der Waals surface area (Å²) in [7, 11) is -4.62. The van der Waals surface area contributed by atoms with E-state index in [4.69, 9.17) is 4.74 Å². The van der Waals surface area contributed by atoms with Gasteiger partial charge in [0.05, 0.1) is 10.5 Å². The number of hydrogen-bond acceptors (Lipinski definition) is 5. The molecular formula is C23H20I3O5S-. The second-order valence-corrected chi connectivity index (χ2v) is 14.0. The Morgan fingerprint density at radius 3 is 2.00 bits per heavy atom. The fourth-order valence-corrected chi connectivity index (χ4v) is 9.15. The zero-order valence-corrected chi connectivity index (χ0v) is 24.2. The van der Waals surface area contributed by atoms with Gasteiger partial charge in [-0.1, -0.05) is 0 Å². The van der Waals surface area contributed by atoms with Crippen LogP contribution in [0.3, 0.4) is 0 Å². The van der Waals surface area contributed by atoms with Gasteiger partial charge in [-0.3, -0.25) is 0 Å². The van der Waals surface area contributed by atoms with Crippen LogP contribution in [0.25, 0.3) is 0 Å². The van der Waals surface area contributed by atoms with Crippen molar-refractivity contribution in [3.63, 3.8) is 0 Å². The maximum Gasteiger partial charge on any atom is 0.343 e. The fourth-order valence-electron chi connectivity index (χ4n) is 6.35. The van der Waals surface area contributed by atoms with Crippen LogP contribution in [0, 0.1) is 34.4 Å². The van der Waals surface area contributed by atoms with E-state index in [1.807, 2.05) is 0 Å². The highest BCUT2D eigenvalue weighted by Crippen LogP contribution is 2.60. The summed E-state index contributed by atoms with van der Waals surface area (Å²) in [6.07, 6.45) is 5.68. The number of halogens is 3. The highest BCUT2D eigenvalue weighted by atomic mass is 127. The molecule has 0 aliphatic heterocycles. The third-order valence-electron chi connectivity index (χ3n) is 7.27. The molecule has 0 spiro atoms. The highest BCUT2D eigenvalue weighted by Gasteiger charge is 2.49. The van der Waals surface area contributed by atoms with Crippen LogP contribution < -0.4 is 4.74 Å². The zero-order valence-electron chi connectivity index (χ0n) is 16.9. The highest BCUT2D eigenvalue weighted by molar-refractivity contribution is 14.1. The maximum absolute atomic E-state index is 12.8. The lowest BCUT2D eigenvalue weighted by atomic mass is 9.51. The van der Waals surface area contributed by atoms with Gasteiger partial charge in [0.25, 0.3) is 0 Å². The Balaban J connectivity index is 1.50. The molecule has 4 aliphatic rings. The second-order valence-electron chi connectivity index (χ2n) is 9.25. The third-order valence-corrected chi connectivity index (χ3v) is 13.1. The number of carbonyl (C=O) groups excluding carboxylic acids is 1. The van der Waals surface area contributed by atoms with E-state index in [0.717, 1.165) is 48.2 Å². The summed E-state index contributed by atoms with van der Waals surface area (Å²) < 4.78 is 44.9. The molecule has 0 unspecified atom stereocenters. The van der Waals surface area contributed by atoms with E-state index in [1.165, 1.54) is 18.6 Å². The van der Waals surface area contributed by atoms with Crippen molar-refractivity contribution in [2.75, 3.05) is 0 Å². The normalized spacial score (nSPS) is 28.7. The fraction of sp³-hybridized carbons (Fsp3) is 0.435. The first-order valence-corrected chi connectivity index (χ1v) is 15.2. The predicted molar refractivity (Wildman–Crippen MR) is 144 cm³/mol. The second kappa shape index (κ2) is 8.90. The lowest BCUT2D eigenvalue weighted by Crippen LogP contribution is -2.44. The average molecular weight is 789 g/mol. The Kier molecular flexibility index (Phi) is 6.60. The molecule has 0 amide bonds. The first-order valence-electron chi connectivity index (χ1n) is 10.6. The standard InChI is InChI=1S/C23H21I3O5S/c24-18-8-15(9-19(25)22(18)26)23(27)31-16-1-2-20(32(28,29)30)17(10-16)21-13-4-11-3-12(6-13)7-14(21)5-11/h1-2,8-14,21H,3-7H2,(H,28,29,30)/p-1. The molecule has 5 nitrogen and oxygen atoms in total. The SMILES string of the molecule is O=C(Oc1ccc(S(=O)(=O)[O-])c(C2C3CC4CC(C3)CC2C4)c1)c1cc(I)c(I)c(I)c1. The average Bonchev–Trinajstić information content (AvgIpc) is 2.70. The van der Waals surface area contributed by atoms with Crippen LogP contribution in [0.1, 0.15) is 53.9 Å². The van der Waals surface area contributed by atoms with Gasteiger partial charge < -0.3 is 9.29 Å². The van der Waals surface area contributed by atoms with Crippen molar-refractivity contribution in [2.24, 2.45) is 23.7 Å². The molecule has 4 aliphatic carbocycles. The zero-order chi connectivity index (χ0) is 22.8. The molecule has 0 heterocycles. The van der Waals surface area contributed by atoms with Crippen molar-refractivity contribution in [3.05, 3.63) is 52.2 Å². The van der Waals surface area contributed by atoms with Crippen LogP contribution in [0.2, 0.25) is 0 Å². The number of benzene rings is 2. The third kappa shape index (κ3) is 4.49. The minimum Gasteiger partial charge on any atom is -0.744 e. The molecule has 6 rings (SSSR count). The van der Waals surface area contributed by atoms with E-state index in [2.05, 4.69) is 67.8 Å². The molecule has 170 valence electrons. The van der Waals surface area contributed by atoms with Gasteiger partial charge in [-0.05, 0) is 165 Å². The lowest BCUT2D eigenvalue weighted by molar-refractivity contribution is -0.00374. The van der Waals surface area contributed by atoms with E-state index < -0.39 is 16.1 Å². The van der Waals surface area contributed by atoms with E-state index >= 15 is 0 Å². The summed E-state index contributed by atoms with van der Waals surface area (Å²) in [4.78, 5) is 12.7. The van der Waals surface area contributed by atoms with Gasteiger partial charge in [0.15, 0.2) is 0 Å². The van der Waals surface area contributed by atoms with Crippen molar-refractivity contribution < 1.29 is 22.5 Å². The van der Waals surface area contributed by atoms with Gasteiger partial charge in [0.2, 0.25) is 0 Å². The number of ether oxygens (including phenoxy) is 1. The smallest absolute Gasteiger partial charge is 0.343 e. The van der Waals surface area contributed by atoms with E-state index in [0.29, 0.717) is 23.0 Å². The number of rotatable bonds is 4. The Morgan fingerprint density at radius 2 is 1.47 bits per heavy atom. The van der Waals surface area contributed by atoms with Crippen LogP contribution in [0.5, 0.6) is 5.75 Å². The van der Waals surface area contributed by atoms with E-state index in [9.17, 15) is 17.8 Å². The molecule has 0 radical (unpaired) electrons. The van der Waals surface area contributed by atoms with Crippen LogP contribution >= 0.6 is 67.8 Å². The summed E-state index contributed by atoms with van der Waals surface area (Å²) in [5, 5.41) is 0. The number of esters is 1. The summed E-state index contributed by atoms with van der Waals surface area (Å²) in [5.74, 6) is 2.09. The molecule has 32 heavy (non-hydrogen) atoms. The first kappa shape index (κ1) is 23.7. The quantitative estimate of drug-likeness (QED) is 0.122. The van der Waals surface area contributed by atoms with E-state index in [1.54, 1.807) is 18.2 Å². The van der Waals surface area contributed by atoms with Gasteiger partial charge >= 0.3 is 5.97 Å². The predicted octanol–water partition coefficient (Wildman–Crippen LogP) is 6.16. The summed E-state index contributed by atoms with van der Waals surface area (Å²) in [6, 6.07) is 7.94. The van der Waals surface area contributed by atoms with Crippen LogP contribution in [-0.4, -0.2) is 18.9 Å². The van der Waals surface area contributed by atoms with Gasteiger partial charge in [-0.15, -0.1) is 0 Å². The number of carbonyl (C=O) groups is 1. The molecule has 2 aromatic rings. The van der Waals surface area contributed by atoms with E-state index in [-0.39, 0.29) is 16.6 Å². The lowest BCUT2D eigenvalue weighted by Gasteiger charge is -2.55. The summed E-state index contributed by atoms with van der Waals surface area (Å²) in [6.45, 7) is 0. The molecule has 0 N–H and O–H groups in total. The minimum absolute atomic E-state index is 0.0420. The molecule has 0 saturated heterocycles. The molecule has 4 bridgehead atoms. The maximum atomic E-state index is 12.8. The van der Waals surface area contributed by atoms with Crippen molar-refractivity contribution in [2.45, 2.75) is 42.9 Å². The van der Waals surface area contributed by atoms with Crippen molar-refractivity contribution in [1.82, 2.24) is 0 Å². The Bertz CT molecular complexity index is 1160. The Morgan fingerprint density at radius 1 is 0.906 bits per heavy atom. The van der Waals surface area contributed by atoms with Crippen LogP contribution in [0.4, 0.5) is 0 Å². The molecule has 4 saturated carbocycles. The summed E-state index contributed by atoms with van der Waals surface area (Å²) >= 11 is 6.61.